The third kappa shape index (κ3) is 3.84. The lowest BCUT2D eigenvalue weighted by molar-refractivity contribution is 0.257. The monoisotopic (exact) mass is 311 g/mol. The minimum atomic E-state index is 0.305. The Bertz CT molecular complexity index is 652. The fourth-order valence-corrected chi connectivity index (χ4v) is 3.05. The van der Waals surface area contributed by atoms with Gasteiger partial charge in [0, 0.05) is 25.3 Å². The number of benzene rings is 2. The molecule has 114 valence electrons. The van der Waals surface area contributed by atoms with Crippen molar-refractivity contribution in [2.24, 2.45) is 5.73 Å². The van der Waals surface area contributed by atoms with E-state index in [1.54, 1.807) is 0 Å². The molecular formula is C18H21N3S. The van der Waals surface area contributed by atoms with E-state index in [9.17, 15) is 0 Å². The van der Waals surface area contributed by atoms with Gasteiger partial charge in [-0.3, -0.25) is 4.90 Å². The highest BCUT2D eigenvalue weighted by atomic mass is 32.1. The molecule has 0 bridgehead atoms. The molecule has 1 aliphatic rings. The first kappa shape index (κ1) is 15.0. The van der Waals surface area contributed by atoms with Crippen LogP contribution in [0.5, 0.6) is 0 Å². The van der Waals surface area contributed by atoms with Crippen molar-refractivity contribution in [3.05, 3.63) is 65.2 Å². The number of rotatable bonds is 4. The lowest BCUT2D eigenvalue weighted by Gasteiger charge is -2.28. The molecule has 0 aromatic heterocycles. The van der Waals surface area contributed by atoms with Gasteiger partial charge in [-0.25, -0.2) is 0 Å². The quantitative estimate of drug-likeness (QED) is 0.852. The Morgan fingerprint density at radius 3 is 2.55 bits per heavy atom. The van der Waals surface area contributed by atoms with Gasteiger partial charge in [-0.15, -0.1) is 0 Å². The fourth-order valence-electron chi connectivity index (χ4n) is 2.93. The van der Waals surface area contributed by atoms with Crippen LogP contribution >= 0.6 is 12.2 Å². The molecule has 0 atom stereocenters. The van der Waals surface area contributed by atoms with Gasteiger partial charge in [-0.05, 0) is 53.9 Å². The largest absolute Gasteiger partial charge is 0.376 e. The van der Waals surface area contributed by atoms with Gasteiger partial charge in [0.1, 0.15) is 0 Å². The molecule has 0 radical (unpaired) electrons. The van der Waals surface area contributed by atoms with Crippen molar-refractivity contribution < 1.29 is 0 Å². The lowest BCUT2D eigenvalue weighted by atomic mass is 9.99. The van der Waals surface area contributed by atoms with E-state index in [4.69, 9.17) is 18.0 Å². The van der Waals surface area contributed by atoms with E-state index < -0.39 is 0 Å². The zero-order chi connectivity index (χ0) is 15.4. The summed E-state index contributed by atoms with van der Waals surface area (Å²) in [6.45, 7) is 3.31. The van der Waals surface area contributed by atoms with Gasteiger partial charge >= 0.3 is 0 Å². The highest BCUT2D eigenvalue weighted by molar-refractivity contribution is 7.80. The molecule has 0 spiro atoms. The van der Waals surface area contributed by atoms with Crippen LogP contribution in [0.2, 0.25) is 0 Å². The average molecular weight is 311 g/mol. The van der Waals surface area contributed by atoms with Crippen LogP contribution < -0.4 is 11.1 Å². The molecule has 4 heteroatoms. The molecule has 3 nitrogen and oxygen atoms in total. The van der Waals surface area contributed by atoms with Gasteiger partial charge in [0.15, 0.2) is 5.11 Å². The average Bonchev–Trinajstić information content (AvgIpc) is 2.53. The van der Waals surface area contributed by atoms with Crippen LogP contribution in [0, 0.1) is 0 Å². The molecule has 2 aromatic rings. The van der Waals surface area contributed by atoms with E-state index in [2.05, 4.69) is 46.6 Å². The van der Waals surface area contributed by atoms with Crippen LogP contribution in [0.1, 0.15) is 16.7 Å². The third-order valence-electron chi connectivity index (χ3n) is 4.15. The van der Waals surface area contributed by atoms with Crippen LogP contribution in [0.25, 0.3) is 0 Å². The predicted molar refractivity (Wildman–Crippen MR) is 96.0 cm³/mol. The minimum absolute atomic E-state index is 0.305. The van der Waals surface area contributed by atoms with Crippen molar-refractivity contribution in [3.63, 3.8) is 0 Å². The van der Waals surface area contributed by atoms with Gasteiger partial charge in [0.05, 0.1) is 0 Å². The van der Waals surface area contributed by atoms with Crippen molar-refractivity contribution in [2.45, 2.75) is 19.4 Å². The SMILES string of the molecule is NC(=S)Nc1ccc(CCN2CCc3ccccc3C2)cc1. The number of nitrogens with zero attached hydrogens (tertiary/aromatic N) is 1. The summed E-state index contributed by atoms with van der Waals surface area (Å²) >= 11 is 4.84. The normalized spacial score (nSPS) is 14.4. The molecule has 3 rings (SSSR count). The number of nitrogens with two attached hydrogens (primary N) is 1. The van der Waals surface area contributed by atoms with Gasteiger partial charge < -0.3 is 11.1 Å². The molecule has 0 aliphatic carbocycles. The summed E-state index contributed by atoms with van der Waals surface area (Å²) < 4.78 is 0. The van der Waals surface area contributed by atoms with E-state index in [-0.39, 0.29) is 0 Å². The number of hydrogen-bond acceptors (Lipinski definition) is 2. The zero-order valence-corrected chi connectivity index (χ0v) is 13.4. The Morgan fingerprint density at radius 2 is 1.82 bits per heavy atom. The van der Waals surface area contributed by atoms with Gasteiger partial charge in [0.2, 0.25) is 0 Å². The molecule has 0 amide bonds. The third-order valence-corrected chi connectivity index (χ3v) is 4.25. The van der Waals surface area contributed by atoms with E-state index in [1.807, 2.05) is 12.1 Å². The van der Waals surface area contributed by atoms with E-state index >= 15 is 0 Å². The summed E-state index contributed by atoms with van der Waals surface area (Å²) in [4.78, 5) is 2.53. The van der Waals surface area contributed by atoms with Crippen LogP contribution in [0.3, 0.4) is 0 Å². The molecule has 0 unspecified atom stereocenters. The van der Waals surface area contributed by atoms with Crippen LogP contribution in [0.4, 0.5) is 5.69 Å². The Labute approximate surface area is 137 Å². The van der Waals surface area contributed by atoms with E-state index in [1.165, 1.54) is 16.7 Å². The molecule has 22 heavy (non-hydrogen) atoms. The molecule has 0 saturated heterocycles. The summed E-state index contributed by atoms with van der Waals surface area (Å²) in [6.07, 6.45) is 2.22. The molecule has 0 fully saturated rings. The van der Waals surface area contributed by atoms with Gasteiger partial charge in [-0.2, -0.15) is 0 Å². The standard InChI is InChI=1S/C18H21N3S/c19-18(22)20-17-7-5-14(6-8-17)9-11-21-12-10-15-3-1-2-4-16(15)13-21/h1-8H,9-13H2,(H3,19,20,22). The van der Waals surface area contributed by atoms with Crippen LogP contribution in [0.15, 0.2) is 48.5 Å². The fraction of sp³-hybridized carbons (Fsp3) is 0.278. The first-order valence-electron chi connectivity index (χ1n) is 7.65. The Hall–Kier alpha value is -1.91. The molecule has 2 aromatic carbocycles. The molecule has 1 heterocycles. The zero-order valence-electron chi connectivity index (χ0n) is 12.6. The van der Waals surface area contributed by atoms with Crippen molar-refractivity contribution in [2.75, 3.05) is 18.4 Å². The highest BCUT2D eigenvalue weighted by Crippen LogP contribution is 2.19. The van der Waals surface area contributed by atoms with Crippen molar-refractivity contribution in [1.82, 2.24) is 4.90 Å². The maximum absolute atomic E-state index is 5.47. The predicted octanol–water partition coefficient (Wildman–Crippen LogP) is 2.94. The Balaban J connectivity index is 1.54. The topological polar surface area (TPSA) is 41.3 Å². The van der Waals surface area contributed by atoms with Crippen molar-refractivity contribution in [3.8, 4) is 0 Å². The maximum Gasteiger partial charge on any atom is 0.168 e. The Kier molecular flexibility index (Phi) is 4.71. The first-order valence-corrected chi connectivity index (χ1v) is 8.06. The summed E-state index contributed by atoms with van der Waals surface area (Å²) in [5, 5.41) is 3.25. The summed E-state index contributed by atoms with van der Waals surface area (Å²) in [5.74, 6) is 0. The maximum atomic E-state index is 5.47. The second-order valence-electron chi connectivity index (χ2n) is 5.73. The van der Waals surface area contributed by atoms with E-state index in [0.717, 1.165) is 38.2 Å². The minimum Gasteiger partial charge on any atom is -0.376 e. The number of hydrogen-bond donors (Lipinski definition) is 2. The molecule has 0 saturated carbocycles. The second kappa shape index (κ2) is 6.90. The first-order chi connectivity index (χ1) is 10.7. The second-order valence-corrected chi connectivity index (χ2v) is 6.17. The Morgan fingerprint density at radius 1 is 1.09 bits per heavy atom. The molecule has 3 N–H and O–H groups in total. The summed E-state index contributed by atoms with van der Waals surface area (Å²) in [6, 6.07) is 17.1. The van der Waals surface area contributed by atoms with Crippen molar-refractivity contribution in [1.29, 1.82) is 0 Å². The number of thiocarbonyl (C=S) groups is 1. The number of fused-ring (bicyclic) bond motifs is 1. The van der Waals surface area contributed by atoms with Crippen molar-refractivity contribution >= 4 is 23.0 Å². The summed E-state index contributed by atoms with van der Waals surface area (Å²) in [7, 11) is 0. The van der Waals surface area contributed by atoms with Gasteiger partial charge in [0.25, 0.3) is 0 Å². The number of anilines is 1. The highest BCUT2D eigenvalue weighted by Gasteiger charge is 2.14. The molecule has 1 aliphatic heterocycles. The number of nitrogens with one attached hydrogen (secondary N) is 1. The van der Waals surface area contributed by atoms with Crippen LogP contribution in [-0.2, 0) is 19.4 Å². The lowest BCUT2D eigenvalue weighted by Crippen LogP contribution is -2.32. The van der Waals surface area contributed by atoms with Gasteiger partial charge in [-0.1, -0.05) is 36.4 Å². The smallest absolute Gasteiger partial charge is 0.168 e. The van der Waals surface area contributed by atoms with Crippen LogP contribution in [-0.4, -0.2) is 23.1 Å². The summed E-state index contributed by atoms with van der Waals surface area (Å²) in [5.41, 5.74) is 10.7. The molecular weight excluding hydrogens is 290 g/mol. The van der Waals surface area contributed by atoms with E-state index in [0.29, 0.717) is 5.11 Å².